The first kappa shape index (κ1) is 12.5. The van der Waals surface area contributed by atoms with Gasteiger partial charge in [0.2, 0.25) is 0 Å². The van der Waals surface area contributed by atoms with E-state index in [1.165, 1.54) is 15.3 Å². The van der Waals surface area contributed by atoms with Gasteiger partial charge in [0.15, 0.2) is 0 Å². The molecule has 98 valence electrons. The Kier molecular flexibility index (Phi) is 3.40. The van der Waals surface area contributed by atoms with Gasteiger partial charge in [0.25, 0.3) is 0 Å². The molecule has 0 radical (unpaired) electrons. The predicted octanol–water partition coefficient (Wildman–Crippen LogP) is 3.81. The first-order valence-electron chi connectivity index (χ1n) is 6.57. The molecule has 19 heavy (non-hydrogen) atoms. The summed E-state index contributed by atoms with van der Waals surface area (Å²) in [4.78, 5) is 2.81. The zero-order valence-corrected chi connectivity index (χ0v) is 11.8. The third-order valence-corrected chi connectivity index (χ3v) is 4.68. The SMILES string of the molecule is CCc1ccc(Cn2ccc3c(CO)cccc32)s1. The fraction of sp³-hybridized carbons (Fsp3) is 0.250. The van der Waals surface area contributed by atoms with E-state index >= 15 is 0 Å². The van der Waals surface area contributed by atoms with Crippen LogP contribution in [0.2, 0.25) is 0 Å². The van der Waals surface area contributed by atoms with Gasteiger partial charge in [-0.25, -0.2) is 0 Å². The van der Waals surface area contributed by atoms with Crippen LogP contribution in [-0.4, -0.2) is 9.67 Å². The summed E-state index contributed by atoms with van der Waals surface area (Å²) in [6, 6.07) is 12.6. The first-order chi connectivity index (χ1) is 9.31. The monoisotopic (exact) mass is 271 g/mol. The summed E-state index contributed by atoms with van der Waals surface area (Å²) in [6.45, 7) is 3.19. The molecule has 2 heterocycles. The second-order valence-corrected chi connectivity index (χ2v) is 5.93. The Hall–Kier alpha value is -1.58. The molecule has 3 rings (SSSR count). The number of aryl methyl sites for hydroxylation is 1. The van der Waals surface area contributed by atoms with Crippen molar-refractivity contribution in [1.29, 1.82) is 0 Å². The third kappa shape index (κ3) is 2.31. The Balaban J connectivity index is 1.97. The van der Waals surface area contributed by atoms with Crippen LogP contribution in [0.25, 0.3) is 10.9 Å². The number of hydrogen-bond donors (Lipinski definition) is 1. The molecule has 3 aromatic rings. The van der Waals surface area contributed by atoms with Crippen LogP contribution in [0, 0.1) is 0 Å². The molecule has 0 aliphatic rings. The van der Waals surface area contributed by atoms with Gasteiger partial charge in [-0.1, -0.05) is 19.1 Å². The Morgan fingerprint density at radius 3 is 2.68 bits per heavy atom. The van der Waals surface area contributed by atoms with Crippen molar-refractivity contribution < 1.29 is 5.11 Å². The summed E-state index contributed by atoms with van der Waals surface area (Å²) in [5.41, 5.74) is 2.19. The van der Waals surface area contributed by atoms with Crippen LogP contribution in [-0.2, 0) is 19.6 Å². The third-order valence-electron chi connectivity index (χ3n) is 3.47. The van der Waals surface area contributed by atoms with Crippen LogP contribution < -0.4 is 0 Å². The molecule has 0 spiro atoms. The summed E-state index contributed by atoms with van der Waals surface area (Å²) in [5, 5.41) is 10.5. The zero-order valence-electron chi connectivity index (χ0n) is 11.0. The summed E-state index contributed by atoms with van der Waals surface area (Å²) < 4.78 is 2.25. The van der Waals surface area contributed by atoms with E-state index in [-0.39, 0.29) is 6.61 Å². The number of benzene rings is 1. The first-order valence-corrected chi connectivity index (χ1v) is 7.38. The van der Waals surface area contributed by atoms with Crippen molar-refractivity contribution in [3.05, 3.63) is 57.9 Å². The number of hydrogen-bond acceptors (Lipinski definition) is 2. The van der Waals surface area contributed by atoms with Crippen LogP contribution >= 0.6 is 11.3 Å². The molecular weight excluding hydrogens is 254 g/mol. The lowest BCUT2D eigenvalue weighted by molar-refractivity contribution is 0.283. The highest BCUT2D eigenvalue weighted by Crippen LogP contribution is 2.24. The highest BCUT2D eigenvalue weighted by molar-refractivity contribution is 7.11. The van der Waals surface area contributed by atoms with Gasteiger partial charge in [-0.3, -0.25) is 0 Å². The van der Waals surface area contributed by atoms with Gasteiger partial charge < -0.3 is 9.67 Å². The molecule has 0 atom stereocenters. The molecule has 0 unspecified atom stereocenters. The summed E-state index contributed by atoms with van der Waals surface area (Å²) in [6.07, 6.45) is 3.21. The van der Waals surface area contributed by atoms with E-state index in [0.717, 1.165) is 23.9 Å². The number of aromatic nitrogens is 1. The Labute approximate surface area is 116 Å². The van der Waals surface area contributed by atoms with Crippen LogP contribution in [0.4, 0.5) is 0 Å². The van der Waals surface area contributed by atoms with Crippen LogP contribution in [0.1, 0.15) is 22.2 Å². The molecule has 0 aliphatic carbocycles. The number of thiophene rings is 1. The molecule has 2 aromatic heterocycles. The van der Waals surface area contributed by atoms with Gasteiger partial charge in [0, 0.05) is 26.9 Å². The lowest BCUT2D eigenvalue weighted by Gasteiger charge is -2.05. The van der Waals surface area contributed by atoms with Crippen molar-refractivity contribution in [2.24, 2.45) is 0 Å². The van der Waals surface area contributed by atoms with Crippen LogP contribution in [0.15, 0.2) is 42.6 Å². The summed E-state index contributed by atoms with van der Waals surface area (Å²) in [5.74, 6) is 0. The van der Waals surface area contributed by atoms with Gasteiger partial charge >= 0.3 is 0 Å². The molecule has 0 fully saturated rings. The normalized spacial score (nSPS) is 11.3. The fourth-order valence-electron chi connectivity index (χ4n) is 2.43. The molecule has 2 nitrogen and oxygen atoms in total. The molecule has 0 amide bonds. The quantitative estimate of drug-likeness (QED) is 0.767. The summed E-state index contributed by atoms with van der Waals surface area (Å²) >= 11 is 1.88. The lowest BCUT2D eigenvalue weighted by Crippen LogP contribution is -1.95. The number of nitrogens with zero attached hydrogens (tertiary/aromatic N) is 1. The molecule has 0 saturated carbocycles. The molecule has 0 aliphatic heterocycles. The highest BCUT2D eigenvalue weighted by atomic mass is 32.1. The molecule has 0 saturated heterocycles. The average Bonchev–Trinajstić information content (AvgIpc) is 3.06. The Morgan fingerprint density at radius 1 is 1.11 bits per heavy atom. The Bertz CT molecular complexity index is 696. The predicted molar refractivity (Wildman–Crippen MR) is 80.7 cm³/mol. The van der Waals surface area contributed by atoms with E-state index in [2.05, 4.69) is 42.0 Å². The van der Waals surface area contributed by atoms with Crippen molar-refractivity contribution >= 4 is 22.2 Å². The molecule has 1 N–H and O–H groups in total. The Morgan fingerprint density at radius 2 is 1.95 bits per heavy atom. The van der Waals surface area contributed by atoms with E-state index in [0.29, 0.717) is 0 Å². The maximum atomic E-state index is 9.36. The van der Waals surface area contributed by atoms with Gasteiger partial charge in [0.05, 0.1) is 13.2 Å². The minimum atomic E-state index is 0.0976. The second kappa shape index (κ2) is 5.19. The molecule has 0 bridgehead atoms. The van der Waals surface area contributed by atoms with Gasteiger partial charge in [-0.05, 0) is 36.2 Å². The summed E-state index contributed by atoms with van der Waals surface area (Å²) in [7, 11) is 0. The van der Waals surface area contributed by atoms with Gasteiger partial charge in [-0.2, -0.15) is 0 Å². The maximum absolute atomic E-state index is 9.36. The van der Waals surface area contributed by atoms with E-state index in [1.807, 2.05) is 23.5 Å². The van der Waals surface area contributed by atoms with Crippen molar-refractivity contribution in [2.45, 2.75) is 26.5 Å². The van der Waals surface area contributed by atoms with Crippen molar-refractivity contribution in [2.75, 3.05) is 0 Å². The average molecular weight is 271 g/mol. The van der Waals surface area contributed by atoms with E-state index in [9.17, 15) is 5.11 Å². The highest BCUT2D eigenvalue weighted by Gasteiger charge is 2.06. The van der Waals surface area contributed by atoms with Crippen LogP contribution in [0.3, 0.4) is 0 Å². The second-order valence-electron chi connectivity index (χ2n) is 4.67. The molecule has 3 heteroatoms. The number of aliphatic hydroxyl groups excluding tert-OH is 1. The lowest BCUT2D eigenvalue weighted by atomic mass is 10.1. The topological polar surface area (TPSA) is 25.2 Å². The largest absolute Gasteiger partial charge is 0.392 e. The zero-order chi connectivity index (χ0) is 13.2. The van der Waals surface area contributed by atoms with Crippen molar-refractivity contribution in [3.8, 4) is 0 Å². The standard InChI is InChI=1S/C16H17NOS/c1-2-13-6-7-14(19-13)10-17-9-8-15-12(11-18)4-3-5-16(15)17/h3-9,18H,2,10-11H2,1H3. The minimum absolute atomic E-state index is 0.0976. The van der Waals surface area contributed by atoms with E-state index in [1.54, 1.807) is 0 Å². The number of aliphatic hydroxyl groups is 1. The smallest absolute Gasteiger partial charge is 0.0688 e. The van der Waals surface area contributed by atoms with Gasteiger partial charge in [-0.15, -0.1) is 11.3 Å². The maximum Gasteiger partial charge on any atom is 0.0688 e. The van der Waals surface area contributed by atoms with Crippen LogP contribution in [0.5, 0.6) is 0 Å². The minimum Gasteiger partial charge on any atom is -0.392 e. The van der Waals surface area contributed by atoms with E-state index in [4.69, 9.17) is 0 Å². The molecule has 1 aromatic carbocycles. The number of rotatable bonds is 4. The van der Waals surface area contributed by atoms with Crippen molar-refractivity contribution in [3.63, 3.8) is 0 Å². The van der Waals surface area contributed by atoms with Crippen molar-refractivity contribution in [1.82, 2.24) is 4.57 Å². The number of fused-ring (bicyclic) bond motifs is 1. The van der Waals surface area contributed by atoms with Gasteiger partial charge in [0.1, 0.15) is 0 Å². The fourth-order valence-corrected chi connectivity index (χ4v) is 3.39. The van der Waals surface area contributed by atoms with E-state index < -0.39 is 0 Å². The molecular formula is C16H17NOS.